The van der Waals surface area contributed by atoms with Gasteiger partial charge in [0.25, 0.3) is 11.8 Å². The van der Waals surface area contributed by atoms with Crippen LogP contribution in [-0.4, -0.2) is 36.3 Å². The number of nitrogens with zero attached hydrogens (tertiary/aromatic N) is 1. The minimum atomic E-state index is -2.51. The van der Waals surface area contributed by atoms with E-state index in [0.717, 1.165) is 6.42 Å². The van der Waals surface area contributed by atoms with Gasteiger partial charge in [-0.25, -0.2) is 0 Å². The average molecular weight is 345 g/mol. The molecule has 0 bridgehead atoms. The predicted molar refractivity (Wildman–Crippen MR) is 86.9 cm³/mol. The first-order valence-corrected chi connectivity index (χ1v) is 10.7. The third-order valence-electron chi connectivity index (χ3n) is 2.90. The molecule has 1 heterocycles. The lowest BCUT2D eigenvalue weighted by Gasteiger charge is -2.21. The van der Waals surface area contributed by atoms with Gasteiger partial charge in [-0.05, 0) is 41.7 Å². The van der Waals surface area contributed by atoms with E-state index in [4.69, 9.17) is 20.9 Å². The molecule has 0 radical (unpaired) electrons. The van der Waals surface area contributed by atoms with Gasteiger partial charge >= 0.3 is 0 Å². The molecule has 1 aromatic carbocycles. The molecule has 8 heteroatoms. The van der Waals surface area contributed by atoms with Gasteiger partial charge in [0.05, 0.1) is 23.6 Å². The fraction of sp³-hybridized carbons (Fsp3) is 0.385. The zero-order valence-electron chi connectivity index (χ0n) is 11.8. The first-order valence-electron chi connectivity index (χ1n) is 6.42. The number of fused-ring (bicyclic) bond motifs is 1. The minimum absolute atomic E-state index is 0.140. The van der Waals surface area contributed by atoms with Crippen LogP contribution >= 0.6 is 17.1 Å². The molecular formula is C13H16NO4PS2. The summed E-state index contributed by atoms with van der Waals surface area (Å²) in [6.07, 6.45) is 0.829. The highest BCUT2D eigenvalue weighted by atomic mass is 32.9. The maximum Gasteiger partial charge on any atom is 0.262 e. The lowest BCUT2D eigenvalue weighted by molar-refractivity contribution is 0.0684. The van der Waals surface area contributed by atoms with Gasteiger partial charge in [-0.1, -0.05) is 19.1 Å². The van der Waals surface area contributed by atoms with E-state index in [1.807, 2.05) is 6.92 Å². The molecule has 0 fully saturated rings. The summed E-state index contributed by atoms with van der Waals surface area (Å²) in [6.45, 7) is 2.48. The number of benzene rings is 1. The first kappa shape index (κ1) is 16.6. The molecule has 0 aromatic heterocycles. The SMILES string of the molecule is CCCOP(=S)(OC)SCN1C(=O)c2ccccc2C1=O. The van der Waals surface area contributed by atoms with E-state index < -0.39 is 5.69 Å². The summed E-state index contributed by atoms with van der Waals surface area (Å²) < 4.78 is 10.8. The van der Waals surface area contributed by atoms with Gasteiger partial charge in [0.2, 0.25) is 5.69 Å². The molecule has 1 aliphatic rings. The number of imide groups is 1. The molecule has 21 heavy (non-hydrogen) atoms. The Morgan fingerprint density at radius 2 is 1.81 bits per heavy atom. The highest BCUT2D eigenvalue weighted by molar-refractivity contribution is 8.67. The maximum atomic E-state index is 12.2. The first-order chi connectivity index (χ1) is 10.0. The largest absolute Gasteiger partial charge is 0.325 e. The van der Waals surface area contributed by atoms with Gasteiger partial charge in [0.1, 0.15) is 0 Å². The van der Waals surface area contributed by atoms with Crippen LogP contribution in [-0.2, 0) is 20.9 Å². The van der Waals surface area contributed by atoms with Crippen LogP contribution in [0.15, 0.2) is 24.3 Å². The number of hydrogen-bond acceptors (Lipinski definition) is 6. The molecule has 0 aliphatic carbocycles. The second-order valence-electron chi connectivity index (χ2n) is 4.31. The summed E-state index contributed by atoms with van der Waals surface area (Å²) in [5.74, 6) is -0.450. The number of rotatable bonds is 7. The lowest BCUT2D eigenvalue weighted by Crippen LogP contribution is -2.29. The molecule has 5 nitrogen and oxygen atoms in total. The molecule has 1 atom stereocenters. The van der Waals surface area contributed by atoms with Crippen LogP contribution in [0.4, 0.5) is 0 Å². The molecule has 1 aliphatic heterocycles. The molecule has 0 N–H and O–H groups in total. The van der Waals surface area contributed by atoms with Crippen molar-refractivity contribution >= 4 is 40.7 Å². The highest BCUT2D eigenvalue weighted by Gasteiger charge is 2.36. The zero-order valence-corrected chi connectivity index (χ0v) is 14.3. The quantitative estimate of drug-likeness (QED) is 0.558. The second-order valence-corrected chi connectivity index (χ2v) is 10.7. The Hall–Kier alpha value is -0.720. The van der Waals surface area contributed by atoms with Crippen LogP contribution in [0.1, 0.15) is 34.1 Å². The molecule has 0 spiro atoms. The van der Waals surface area contributed by atoms with E-state index in [0.29, 0.717) is 17.7 Å². The Morgan fingerprint density at radius 1 is 1.24 bits per heavy atom. The second kappa shape index (κ2) is 7.03. The normalized spacial score (nSPS) is 17.0. The molecule has 1 aromatic rings. The van der Waals surface area contributed by atoms with Crippen molar-refractivity contribution in [2.75, 3.05) is 19.6 Å². The lowest BCUT2D eigenvalue weighted by atomic mass is 10.1. The summed E-state index contributed by atoms with van der Waals surface area (Å²) >= 11 is 6.55. The van der Waals surface area contributed by atoms with Gasteiger partial charge in [-0.2, -0.15) is 0 Å². The van der Waals surface area contributed by atoms with Crippen molar-refractivity contribution in [2.45, 2.75) is 13.3 Å². The summed E-state index contributed by atoms with van der Waals surface area (Å²) in [7, 11) is 1.49. The van der Waals surface area contributed by atoms with Gasteiger partial charge in [0, 0.05) is 7.11 Å². The molecule has 2 rings (SSSR count). The summed E-state index contributed by atoms with van der Waals surface area (Å²) in [4.78, 5) is 25.6. The Morgan fingerprint density at radius 3 is 2.29 bits per heavy atom. The van der Waals surface area contributed by atoms with Crippen LogP contribution < -0.4 is 0 Å². The molecular weight excluding hydrogens is 329 g/mol. The predicted octanol–water partition coefficient (Wildman–Crippen LogP) is 3.27. The number of hydrogen-bond donors (Lipinski definition) is 0. The van der Waals surface area contributed by atoms with E-state index in [9.17, 15) is 9.59 Å². The van der Waals surface area contributed by atoms with Crippen LogP contribution in [0.5, 0.6) is 0 Å². The van der Waals surface area contributed by atoms with E-state index in [1.54, 1.807) is 24.3 Å². The molecule has 2 amide bonds. The molecule has 114 valence electrons. The van der Waals surface area contributed by atoms with Crippen molar-refractivity contribution in [3.05, 3.63) is 35.4 Å². The van der Waals surface area contributed by atoms with Gasteiger partial charge in [-0.3, -0.25) is 14.5 Å². The molecule has 0 saturated carbocycles. The summed E-state index contributed by atoms with van der Waals surface area (Å²) in [5.41, 5.74) is -1.65. The smallest absolute Gasteiger partial charge is 0.262 e. The topological polar surface area (TPSA) is 55.8 Å². The van der Waals surface area contributed by atoms with Crippen LogP contribution in [0.3, 0.4) is 0 Å². The van der Waals surface area contributed by atoms with E-state index in [2.05, 4.69) is 0 Å². The van der Waals surface area contributed by atoms with Crippen molar-refractivity contribution in [3.63, 3.8) is 0 Å². The third kappa shape index (κ3) is 3.55. The van der Waals surface area contributed by atoms with Crippen molar-refractivity contribution in [1.82, 2.24) is 4.90 Å². The fourth-order valence-corrected chi connectivity index (χ4v) is 5.20. The fourth-order valence-electron chi connectivity index (χ4n) is 1.83. The third-order valence-corrected chi connectivity index (χ3v) is 8.31. The summed E-state index contributed by atoms with van der Waals surface area (Å²) in [5, 5.41) is 0. The number of carbonyl (C=O) groups excluding carboxylic acids is 2. The number of amides is 2. The monoisotopic (exact) mass is 345 g/mol. The van der Waals surface area contributed by atoms with E-state index in [-0.39, 0.29) is 17.7 Å². The standard InChI is InChI=1S/C13H16NO4PS2/c1-3-8-18-19(20,17-2)21-9-14-12(15)10-6-4-5-7-11(10)13(14)16/h4-7H,3,8-9H2,1-2H3. The van der Waals surface area contributed by atoms with Crippen LogP contribution in [0, 0.1) is 0 Å². The Labute approximate surface area is 132 Å². The van der Waals surface area contributed by atoms with Gasteiger partial charge in [-0.15, -0.1) is 0 Å². The Balaban J connectivity index is 2.07. The maximum absolute atomic E-state index is 12.2. The Kier molecular flexibility index (Phi) is 5.57. The summed E-state index contributed by atoms with van der Waals surface area (Å²) in [6, 6.07) is 6.79. The van der Waals surface area contributed by atoms with Crippen molar-refractivity contribution in [2.24, 2.45) is 0 Å². The Bertz CT molecular complexity index is 573. The molecule has 1 unspecified atom stereocenters. The highest BCUT2D eigenvalue weighted by Crippen LogP contribution is 2.60. The van der Waals surface area contributed by atoms with Gasteiger partial charge < -0.3 is 9.05 Å². The van der Waals surface area contributed by atoms with Crippen molar-refractivity contribution in [3.8, 4) is 0 Å². The van der Waals surface area contributed by atoms with E-state index >= 15 is 0 Å². The zero-order chi connectivity index (χ0) is 15.5. The molecule has 0 saturated heterocycles. The van der Waals surface area contributed by atoms with E-state index in [1.165, 1.54) is 23.4 Å². The van der Waals surface area contributed by atoms with Crippen molar-refractivity contribution in [1.29, 1.82) is 0 Å². The number of carbonyl (C=O) groups is 2. The van der Waals surface area contributed by atoms with Crippen LogP contribution in [0.2, 0.25) is 0 Å². The van der Waals surface area contributed by atoms with Gasteiger partial charge in [0.15, 0.2) is 0 Å². The minimum Gasteiger partial charge on any atom is -0.325 e. The van der Waals surface area contributed by atoms with Crippen LogP contribution in [0.25, 0.3) is 0 Å². The van der Waals surface area contributed by atoms with Crippen molar-refractivity contribution < 1.29 is 18.6 Å². The average Bonchev–Trinajstić information content (AvgIpc) is 2.75.